The van der Waals surface area contributed by atoms with Gasteiger partial charge >= 0.3 is 0 Å². The van der Waals surface area contributed by atoms with Gasteiger partial charge in [0.05, 0.1) is 22.4 Å². The van der Waals surface area contributed by atoms with Crippen LogP contribution in [0.15, 0.2) is 104 Å². The van der Waals surface area contributed by atoms with Crippen LogP contribution < -0.4 is 5.73 Å². The summed E-state index contributed by atoms with van der Waals surface area (Å²) in [6, 6.07) is 21.6. The average Bonchev–Trinajstić information content (AvgIpc) is 2.78. The van der Waals surface area contributed by atoms with Gasteiger partial charge < -0.3 is 10.8 Å². The molecule has 0 aliphatic carbocycles. The lowest BCUT2D eigenvalue weighted by Crippen LogP contribution is -2.01. The molecule has 0 saturated heterocycles. The molecule has 4 aromatic carbocycles. The van der Waals surface area contributed by atoms with E-state index in [1.165, 1.54) is 12.1 Å². The zero-order valence-electron chi connectivity index (χ0n) is 16.5. The maximum absolute atomic E-state index is 12.0. The molecule has 0 heterocycles. The molecule has 4 rings (SSSR count). The summed E-state index contributed by atoms with van der Waals surface area (Å²) < 4.78 is 33.7. The van der Waals surface area contributed by atoms with E-state index in [1.54, 1.807) is 54.6 Å². The summed E-state index contributed by atoms with van der Waals surface area (Å²) in [4.78, 5) is -0.528. The Morgan fingerprint density at radius 2 is 1.31 bits per heavy atom. The SMILES string of the molecule is Nc1c(N=Nc2ccccc2)c(S(=O)(=O)O)cc2ccc(N=Nc3ccccc3)c(O)c12. The van der Waals surface area contributed by atoms with Crippen molar-refractivity contribution in [3.05, 3.63) is 78.9 Å². The Kier molecular flexibility index (Phi) is 5.63. The fraction of sp³-hybridized carbons (Fsp3) is 0. The number of hydrogen-bond donors (Lipinski definition) is 3. The van der Waals surface area contributed by atoms with Crippen LogP contribution >= 0.6 is 0 Å². The molecule has 0 unspecified atom stereocenters. The number of benzene rings is 4. The zero-order valence-corrected chi connectivity index (χ0v) is 17.3. The number of aromatic hydroxyl groups is 1. The Morgan fingerprint density at radius 1 is 0.750 bits per heavy atom. The predicted molar refractivity (Wildman–Crippen MR) is 121 cm³/mol. The van der Waals surface area contributed by atoms with Crippen LogP contribution in [0.5, 0.6) is 5.75 Å². The molecule has 32 heavy (non-hydrogen) atoms. The van der Waals surface area contributed by atoms with Crippen molar-refractivity contribution in [1.82, 2.24) is 0 Å². The second kappa shape index (κ2) is 8.53. The summed E-state index contributed by atoms with van der Waals surface area (Å²) in [7, 11) is -4.68. The van der Waals surface area contributed by atoms with E-state index in [-0.39, 0.29) is 33.6 Å². The van der Waals surface area contributed by atoms with E-state index in [9.17, 15) is 18.1 Å². The lowest BCUT2D eigenvalue weighted by molar-refractivity contribution is 0.481. The van der Waals surface area contributed by atoms with Crippen molar-refractivity contribution in [2.75, 3.05) is 5.73 Å². The second-order valence-corrected chi connectivity index (χ2v) is 8.10. The number of nitrogens with two attached hydrogens (primary N) is 1. The van der Waals surface area contributed by atoms with Gasteiger partial charge in [-0.1, -0.05) is 42.5 Å². The van der Waals surface area contributed by atoms with Gasteiger partial charge in [-0.15, -0.1) is 10.2 Å². The van der Waals surface area contributed by atoms with Crippen molar-refractivity contribution in [3.8, 4) is 5.75 Å². The molecule has 0 radical (unpaired) electrons. The summed E-state index contributed by atoms with van der Waals surface area (Å²) in [5.41, 5.74) is 6.88. The number of anilines is 1. The molecule has 0 spiro atoms. The van der Waals surface area contributed by atoms with E-state index < -0.39 is 15.0 Å². The summed E-state index contributed by atoms with van der Waals surface area (Å²) >= 11 is 0. The highest BCUT2D eigenvalue weighted by atomic mass is 32.2. The smallest absolute Gasteiger partial charge is 0.296 e. The number of rotatable bonds is 5. The van der Waals surface area contributed by atoms with Crippen molar-refractivity contribution in [2.24, 2.45) is 20.5 Å². The first-order valence-corrected chi connectivity index (χ1v) is 10.8. The normalized spacial score (nSPS) is 12.2. The highest BCUT2D eigenvalue weighted by Gasteiger charge is 2.23. The number of azo groups is 2. The van der Waals surface area contributed by atoms with Crippen molar-refractivity contribution >= 4 is 49.3 Å². The van der Waals surface area contributed by atoms with E-state index in [4.69, 9.17) is 5.73 Å². The first kappa shape index (κ1) is 21.1. The summed E-state index contributed by atoms with van der Waals surface area (Å²) in [6.07, 6.45) is 0. The molecule has 0 aliphatic heterocycles. The van der Waals surface area contributed by atoms with Crippen LogP contribution in [-0.4, -0.2) is 18.1 Å². The molecule has 9 nitrogen and oxygen atoms in total. The number of fused-ring (bicyclic) bond motifs is 1. The van der Waals surface area contributed by atoms with Crippen LogP contribution in [0.1, 0.15) is 0 Å². The molecule has 4 aromatic rings. The summed E-state index contributed by atoms with van der Waals surface area (Å²) in [6.45, 7) is 0. The minimum absolute atomic E-state index is 0.115. The van der Waals surface area contributed by atoms with E-state index in [1.807, 2.05) is 6.07 Å². The van der Waals surface area contributed by atoms with Gasteiger partial charge in [0.25, 0.3) is 10.1 Å². The van der Waals surface area contributed by atoms with Crippen molar-refractivity contribution in [3.63, 3.8) is 0 Å². The number of phenolic OH excluding ortho intramolecular Hbond substituents is 1. The number of phenols is 1. The fourth-order valence-electron chi connectivity index (χ4n) is 3.05. The number of nitrogen functional groups attached to an aromatic ring is 1. The predicted octanol–water partition coefficient (Wildman–Crippen LogP) is 6.21. The largest absolute Gasteiger partial charge is 0.505 e. The Morgan fingerprint density at radius 3 is 1.88 bits per heavy atom. The third-order valence-corrected chi connectivity index (χ3v) is 5.43. The first-order chi connectivity index (χ1) is 15.3. The minimum atomic E-state index is -4.68. The molecular weight excluding hydrogens is 430 g/mol. The van der Waals surface area contributed by atoms with Crippen LogP contribution in [0.2, 0.25) is 0 Å². The van der Waals surface area contributed by atoms with Crippen LogP contribution in [0.4, 0.5) is 28.4 Å². The van der Waals surface area contributed by atoms with Gasteiger partial charge in [0.1, 0.15) is 16.3 Å². The highest BCUT2D eigenvalue weighted by Crippen LogP contribution is 2.45. The van der Waals surface area contributed by atoms with Crippen LogP contribution in [-0.2, 0) is 10.1 Å². The monoisotopic (exact) mass is 447 g/mol. The molecule has 0 aromatic heterocycles. The van der Waals surface area contributed by atoms with Crippen molar-refractivity contribution < 1.29 is 18.1 Å². The molecule has 0 amide bonds. The quantitative estimate of drug-likeness (QED) is 0.189. The van der Waals surface area contributed by atoms with Crippen molar-refractivity contribution in [1.29, 1.82) is 0 Å². The van der Waals surface area contributed by atoms with Gasteiger partial charge in [-0.05, 0) is 41.8 Å². The zero-order chi connectivity index (χ0) is 22.7. The van der Waals surface area contributed by atoms with Crippen LogP contribution in [0, 0.1) is 0 Å². The average molecular weight is 447 g/mol. The van der Waals surface area contributed by atoms with Gasteiger partial charge in [0, 0.05) is 0 Å². The van der Waals surface area contributed by atoms with Gasteiger partial charge in [-0.25, -0.2) is 0 Å². The molecule has 10 heteroatoms. The maximum Gasteiger partial charge on any atom is 0.296 e. The third kappa shape index (κ3) is 4.31. The molecule has 0 bridgehead atoms. The number of nitrogens with zero attached hydrogens (tertiary/aromatic N) is 4. The van der Waals surface area contributed by atoms with E-state index in [0.29, 0.717) is 11.4 Å². The lowest BCUT2D eigenvalue weighted by Gasteiger charge is -2.12. The maximum atomic E-state index is 12.0. The Hall–Kier alpha value is -4.15. The van der Waals surface area contributed by atoms with Gasteiger partial charge in [0.2, 0.25) is 0 Å². The van der Waals surface area contributed by atoms with E-state index in [2.05, 4.69) is 20.5 Å². The van der Waals surface area contributed by atoms with Crippen LogP contribution in [0.25, 0.3) is 10.8 Å². The molecule has 0 fully saturated rings. The third-order valence-electron chi connectivity index (χ3n) is 4.56. The highest BCUT2D eigenvalue weighted by molar-refractivity contribution is 7.86. The molecule has 0 atom stereocenters. The fourth-order valence-corrected chi connectivity index (χ4v) is 3.72. The number of hydrogen-bond acceptors (Lipinski definition) is 8. The summed E-state index contributed by atoms with van der Waals surface area (Å²) in [5, 5.41) is 27.3. The molecule has 160 valence electrons. The van der Waals surface area contributed by atoms with E-state index >= 15 is 0 Å². The molecular formula is C22H17N5O4S. The standard InChI is InChI=1S/C22H17N5O4S/c23-20-19-14(11-12-17(22(19)28)26-24-15-7-3-1-4-8-15)13-18(32(29,30)31)21(20)27-25-16-9-5-2-6-10-16/h1-13,28H,23H2,(H,29,30,31). The molecule has 0 saturated carbocycles. The molecule has 0 aliphatic rings. The Bertz CT molecular complexity index is 1450. The van der Waals surface area contributed by atoms with Gasteiger partial charge in [-0.2, -0.15) is 18.6 Å². The second-order valence-electron chi connectivity index (χ2n) is 6.71. The Labute approximate surface area is 183 Å². The topological polar surface area (TPSA) is 150 Å². The first-order valence-electron chi connectivity index (χ1n) is 9.34. The molecule has 4 N–H and O–H groups in total. The lowest BCUT2D eigenvalue weighted by atomic mass is 10.1. The van der Waals surface area contributed by atoms with E-state index in [0.717, 1.165) is 6.07 Å². The Balaban J connectivity index is 1.89. The van der Waals surface area contributed by atoms with Crippen LogP contribution in [0.3, 0.4) is 0 Å². The van der Waals surface area contributed by atoms with Gasteiger partial charge in [0.15, 0.2) is 5.75 Å². The van der Waals surface area contributed by atoms with Gasteiger partial charge in [-0.3, -0.25) is 4.55 Å². The van der Waals surface area contributed by atoms with Crippen molar-refractivity contribution in [2.45, 2.75) is 4.90 Å². The summed E-state index contributed by atoms with van der Waals surface area (Å²) in [5.74, 6) is -0.308. The minimum Gasteiger partial charge on any atom is -0.505 e.